The Balaban J connectivity index is 1.28. The zero-order valence-electron chi connectivity index (χ0n) is 17.9. The van der Waals surface area contributed by atoms with Gasteiger partial charge in [-0.1, -0.05) is 30.3 Å². The molecule has 2 heterocycles. The van der Waals surface area contributed by atoms with E-state index >= 15 is 0 Å². The largest absolute Gasteiger partial charge is 0.462 e. The average molecular weight is 434 g/mol. The van der Waals surface area contributed by atoms with E-state index in [1.165, 1.54) is 5.56 Å². The van der Waals surface area contributed by atoms with Gasteiger partial charge >= 0.3 is 0 Å². The molecule has 1 amide bonds. The molecule has 1 aliphatic carbocycles. The number of carbonyl (C=O) groups excluding carboxylic acids is 1. The Kier molecular flexibility index (Phi) is 5.80. The predicted molar refractivity (Wildman–Crippen MR) is 130 cm³/mol. The molecule has 2 aromatic heterocycles. The summed E-state index contributed by atoms with van der Waals surface area (Å²) in [5, 5.41) is 10.5. The number of hydrogen-bond acceptors (Lipinski definition) is 4. The molecule has 162 valence electrons. The highest BCUT2D eigenvalue weighted by atomic mass is 16.5. The second kappa shape index (κ2) is 9.36. The highest BCUT2D eigenvalue weighted by Gasteiger charge is 2.17. The fourth-order valence-corrected chi connectivity index (χ4v) is 3.70. The highest BCUT2D eigenvalue weighted by Crippen LogP contribution is 2.29. The number of pyridine rings is 1. The fourth-order valence-electron chi connectivity index (χ4n) is 3.70. The molecule has 0 saturated carbocycles. The topological polar surface area (TPSA) is 79.9 Å². The maximum atomic E-state index is 12.4. The standard InChI is InChI=1S/C27H22N4O2/c32-27(19-7-2-1-3-8-19)29-21-10-6-11-22(17-21)33-23-13-14-24-25(30-31-26(24)18-23)15-12-20-9-4-5-16-28-20/h1-12,15-18H,13-14H2,(H,29,32)(H,30,31)/b15-12+. The Morgan fingerprint density at radius 2 is 1.85 bits per heavy atom. The number of nitrogens with one attached hydrogen (secondary N) is 2. The maximum Gasteiger partial charge on any atom is 0.255 e. The SMILES string of the molecule is O=C(Nc1cccc(OC2=Cc3[nH]nc(/C=C/c4ccccn4)c3CC2)c1)c1ccccc1. The molecule has 0 aliphatic heterocycles. The van der Waals surface area contributed by atoms with Crippen molar-refractivity contribution in [2.45, 2.75) is 12.8 Å². The van der Waals surface area contributed by atoms with Crippen LogP contribution in [0.4, 0.5) is 5.69 Å². The lowest BCUT2D eigenvalue weighted by Crippen LogP contribution is -2.11. The normalized spacial score (nSPS) is 12.8. The third kappa shape index (κ3) is 4.91. The quantitative estimate of drug-likeness (QED) is 0.414. The molecule has 6 heteroatoms. The Hall–Kier alpha value is -4.45. The van der Waals surface area contributed by atoms with Crippen LogP contribution in [0.3, 0.4) is 0 Å². The van der Waals surface area contributed by atoms with Crippen LogP contribution in [-0.4, -0.2) is 21.1 Å². The summed E-state index contributed by atoms with van der Waals surface area (Å²) in [5.74, 6) is 1.36. The second-order valence-corrected chi connectivity index (χ2v) is 7.65. The smallest absolute Gasteiger partial charge is 0.255 e. The van der Waals surface area contributed by atoms with Gasteiger partial charge in [0.05, 0.1) is 17.1 Å². The van der Waals surface area contributed by atoms with Gasteiger partial charge in [0, 0.05) is 41.6 Å². The van der Waals surface area contributed by atoms with Crippen LogP contribution in [0.2, 0.25) is 0 Å². The van der Waals surface area contributed by atoms with E-state index < -0.39 is 0 Å². The molecule has 2 aromatic carbocycles. The lowest BCUT2D eigenvalue weighted by Gasteiger charge is -2.15. The molecule has 0 fully saturated rings. The van der Waals surface area contributed by atoms with Gasteiger partial charge in [0.25, 0.3) is 5.91 Å². The van der Waals surface area contributed by atoms with Gasteiger partial charge in [-0.05, 0) is 55.0 Å². The van der Waals surface area contributed by atoms with E-state index in [9.17, 15) is 4.79 Å². The number of amides is 1. The highest BCUT2D eigenvalue weighted by molar-refractivity contribution is 6.04. The van der Waals surface area contributed by atoms with E-state index in [2.05, 4.69) is 20.5 Å². The van der Waals surface area contributed by atoms with Crippen LogP contribution in [0.15, 0.2) is 84.8 Å². The Morgan fingerprint density at radius 1 is 0.970 bits per heavy atom. The first-order chi connectivity index (χ1) is 16.2. The van der Waals surface area contributed by atoms with Crippen molar-refractivity contribution >= 4 is 29.8 Å². The van der Waals surface area contributed by atoms with Gasteiger partial charge in [-0.25, -0.2) is 0 Å². The summed E-state index contributed by atoms with van der Waals surface area (Å²) in [6, 6.07) is 22.3. The molecular formula is C27H22N4O2. The van der Waals surface area contributed by atoms with Crippen LogP contribution in [0.5, 0.6) is 5.75 Å². The van der Waals surface area contributed by atoms with Crippen molar-refractivity contribution in [1.82, 2.24) is 15.2 Å². The zero-order chi connectivity index (χ0) is 22.5. The Bertz CT molecular complexity index is 1320. The van der Waals surface area contributed by atoms with Crippen molar-refractivity contribution in [2.75, 3.05) is 5.32 Å². The molecule has 0 unspecified atom stereocenters. The maximum absolute atomic E-state index is 12.4. The summed E-state index contributed by atoms with van der Waals surface area (Å²) >= 11 is 0. The molecule has 4 aromatic rings. The number of ether oxygens (including phenoxy) is 1. The van der Waals surface area contributed by atoms with Crippen LogP contribution >= 0.6 is 0 Å². The molecule has 0 atom stereocenters. The van der Waals surface area contributed by atoms with Crippen LogP contribution in [-0.2, 0) is 6.42 Å². The van der Waals surface area contributed by atoms with Crippen molar-refractivity contribution in [3.05, 3.63) is 113 Å². The minimum Gasteiger partial charge on any atom is -0.462 e. The fraction of sp³-hybridized carbons (Fsp3) is 0.0741. The van der Waals surface area contributed by atoms with Crippen molar-refractivity contribution < 1.29 is 9.53 Å². The van der Waals surface area contributed by atoms with Gasteiger partial charge in [0.1, 0.15) is 11.5 Å². The number of hydrogen-bond donors (Lipinski definition) is 2. The summed E-state index contributed by atoms with van der Waals surface area (Å²) in [7, 11) is 0. The first kappa shape index (κ1) is 20.5. The number of benzene rings is 2. The molecule has 0 spiro atoms. The first-order valence-corrected chi connectivity index (χ1v) is 10.8. The Labute approximate surface area is 191 Å². The van der Waals surface area contributed by atoms with E-state index in [0.29, 0.717) is 17.0 Å². The number of allylic oxidation sites excluding steroid dienone is 1. The van der Waals surface area contributed by atoms with E-state index in [4.69, 9.17) is 4.74 Å². The molecule has 33 heavy (non-hydrogen) atoms. The monoisotopic (exact) mass is 434 g/mol. The van der Waals surface area contributed by atoms with Crippen LogP contribution in [0, 0.1) is 0 Å². The van der Waals surface area contributed by atoms with Crippen LogP contribution in [0.1, 0.15) is 39.4 Å². The number of nitrogens with zero attached hydrogens (tertiary/aromatic N) is 2. The molecule has 0 saturated heterocycles. The summed E-state index contributed by atoms with van der Waals surface area (Å²) in [6.07, 6.45) is 9.28. The van der Waals surface area contributed by atoms with E-state index in [1.54, 1.807) is 18.3 Å². The van der Waals surface area contributed by atoms with E-state index in [1.807, 2.05) is 78.9 Å². The molecular weight excluding hydrogens is 412 g/mol. The molecule has 2 N–H and O–H groups in total. The average Bonchev–Trinajstić information content (AvgIpc) is 3.26. The van der Waals surface area contributed by atoms with Gasteiger partial charge < -0.3 is 10.1 Å². The third-order valence-corrected chi connectivity index (χ3v) is 5.33. The van der Waals surface area contributed by atoms with Crippen molar-refractivity contribution in [3.63, 3.8) is 0 Å². The van der Waals surface area contributed by atoms with Crippen molar-refractivity contribution in [3.8, 4) is 5.75 Å². The predicted octanol–water partition coefficient (Wildman–Crippen LogP) is 5.59. The van der Waals surface area contributed by atoms with Crippen LogP contribution in [0.25, 0.3) is 18.2 Å². The summed E-state index contributed by atoms with van der Waals surface area (Å²) in [6.45, 7) is 0. The summed E-state index contributed by atoms with van der Waals surface area (Å²) in [4.78, 5) is 16.7. The lowest BCUT2D eigenvalue weighted by atomic mass is 10.00. The zero-order valence-corrected chi connectivity index (χ0v) is 17.9. The van der Waals surface area contributed by atoms with Crippen molar-refractivity contribution in [2.24, 2.45) is 0 Å². The van der Waals surface area contributed by atoms with Crippen molar-refractivity contribution in [1.29, 1.82) is 0 Å². The second-order valence-electron chi connectivity index (χ2n) is 7.65. The number of aromatic nitrogens is 3. The molecule has 0 bridgehead atoms. The third-order valence-electron chi connectivity index (χ3n) is 5.33. The number of rotatable bonds is 6. The van der Waals surface area contributed by atoms with Gasteiger partial charge in [0.2, 0.25) is 0 Å². The number of H-pyrrole nitrogens is 1. The van der Waals surface area contributed by atoms with Gasteiger partial charge in [-0.2, -0.15) is 5.10 Å². The minimum absolute atomic E-state index is 0.155. The molecule has 0 radical (unpaired) electrons. The van der Waals surface area contributed by atoms with E-state index in [-0.39, 0.29) is 5.91 Å². The number of fused-ring (bicyclic) bond motifs is 1. The summed E-state index contributed by atoms with van der Waals surface area (Å²) in [5.41, 5.74) is 5.21. The Morgan fingerprint density at radius 3 is 2.70 bits per heavy atom. The molecule has 5 rings (SSSR count). The van der Waals surface area contributed by atoms with Gasteiger partial charge in [-0.15, -0.1) is 0 Å². The summed E-state index contributed by atoms with van der Waals surface area (Å²) < 4.78 is 6.11. The van der Waals surface area contributed by atoms with E-state index in [0.717, 1.165) is 35.7 Å². The minimum atomic E-state index is -0.155. The molecule has 1 aliphatic rings. The first-order valence-electron chi connectivity index (χ1n) is 10.8. The van der Waals surface area contributed by atoms with Gasteiger partial charge in [0.15, 0.2) is 0 Å². The molecule has 6 nitrogen and oxygen atoms in total. The number of anilines is 1. The lowest BCUT2D eigenvalue weighted by molar-refractivity contribution is 0.102. The number of carbonyl (C=O) groups is 1. The number of aromatic amines is 1. The van der Waals surface area contributed by atoms with Gasteiger partial charge in [-0.3, -0.25) is 14.9 Å². The van der Waals surface area contributed by atoms with Crippen LogP contribution < -0.4 is 10.1 Å².